The van der Waals surface area contributed by atoms with Gasteiger partial charge in [0, 0.05) is 55.4 Å². The van der Waals surface area contributed by atoms with Gasteiger partial charge in [-0.25, -0.2) is 0 Å². The van der Waals surface area contributed by atoms with Crippen molar-refractivity contribution in [3.8, 4) is 0 Å². The lowest BCUT2D eigenvalue weighted by Gasteiger charge is -2.23. The summed E-state index contributed by atoms with van der Waals surface area (Å²) >= 11 is 0. The van der Waals surface area contributed by atoms with Crippen LogP contribution in [0.4, 0.5) is 0 Å². The van der Waals surface area contributed by atoms with Gasteiger partial charge in [-0.05, 0) is 5.73 Å². The predicted octanol–water partition coefficient (Wildman–Crippen LogP) is 0.269. The van der Waals surface area contributed by atoms with E-state index in [1.807, 2.05) is 28.2 Å². The zero-order chi connectivity index (χ0) is 11.6. The monoisotopic (exact) mass is 210 g/mol. The number of likely N-dealkylation sites (N-methyl/N-ethyl adjacent to an activating group) is 2. The van der Waals surface area contributed by atoms with Crippen molar-refractivity contribution in [1.82, 2.24) is 19.6 Å². The minimum Gasteiger partial charge on any atom is -0.358 e. The molecule has 0 radical (unpaired) electrons. The molecule has 0 aromatic rings. The first kappa shape index (κ1) is 11.8. The summed E-state index contributed by atoms with van der Waals surface area (Å²) in [5, 5.41) is 0. The van der Waals surface area contributed by atoms with Crippen LogP contribution in [-0.2, 0) is 0 Å². The van der Waals surface area contributed by atoms with E-state index in [1.54, 1.807) is 0 Å². The molecule has 0 atom stereocenters. The summed E-state index contributed by atoms with van der Waals surface area (Å²) in [4.78, 5) is 8.61. The standard InChI is InChI=1S/C11H22N4/c1-12(2)10(13(3)4)9-11-14(5)7-8-15(11)6/h7-8H2,1-6H3. The van der Waals surface area contributed by atoms with Gasteiger partial charge >= 0.3 is 0 Å². The fourth-order valence-electron chi connectivity index (χ4n) is 1.72. The van der Waals surface area contributed by atoms with Crippen molar-refractivity contribution in [2.75, 3.05) is 55.4 Å². The Morgan fingerprint density at radius 3 is 1.73 bits per heavy atom. The van der Waals surface area contributed by atoms with Crippen LogP contribution in [0.3, 0.4) is 0 Å². The Labute approximate surface area is 93.0 Å². The van der Waals surface area contributed by atoms with Crippen LogP contribution >= 0.6 is 0 Å². The van der Waals surface area contributed by atoms with Crippen LogP contribution in [-0.4, -0.2) is 75.0 Å². The molecule has 1 aliphatic heterocycles. The van der Waals surface area contributed by atoms with Crippen LogP contribution < -0.4 is 0 Å². The van der Waals surface area contributed by atoms with E-state index in [1.165, 1.54) is 0 Å². The molecule has 4 nitrogen and oxygen atoms in total. The molecule has 0 aliphatic carbocycles. The van der Waals surface area contributed by atoms with Crippen molar-refractivity contribution < 1.29 is 0 Å². The Morgan fingerprint density at radius 2 is 1.40 bits per heavy atom. The third-order valence-electron chi connectivity index (χ3n) is 2.56. The van der Waals surface area contributed by atoms with Gasteiger partial charge < -0.3 is 19.6 Å². The van der Waals surface area contributed by atoms with Crippen molar-refractivity contribution in [2.24, 2.45) is 0 Å². The molecule has 0 unspecified atom stereocenters. The summed E-state index contributed by atoms with van der Waals surface area (Å²) < 4.78 is 0. The van der Waals surface area contributed by atoms with Crippen LogP contribution in [0.1, 0.15) is 0 Å². The van der Waals surface area contributed by atoms with Gasteiger partial charge in [-0.15, -0.1) is 0 Å². The molecule has 1 aliphatic rings. The molecule has 1 heterocycles. The molecule has 0 N–H and O–H groups in total. The maximum atomic E-state index is 3.45. The zero-order valence-electron chi connectivity index (χ0n) is 10.7. The zero-order valence-corrected chi connectivity index (χ0v) is 10.7. The first-order valence-corrected chi connectivity index (χ1v) is 5.21. The summed E-state index contributed by atoms with van der Waals surface area (Å²) in [5.41, 5.74) is 3.45. The summed E-state index contributed by atoms with van der Waals surface area (Å²) in [6.07, 6.45) is 0. The minimum atomic E-state index is 1.08. The first-order valence-electron chi connectivity index (χ1n) is 5.21. The Hall–Kier alpha value is -1.28. The van der Waals surface area contributed by atoms with Gasteiger partial charge in [0.2, 0.25) is 0 Å². The predicted molar refractivity (Wildman–Crippen MR) is 63.2 cm³/mol. The number of hydrogen-bond acceptors (Lipinski definition) is 4. The van der Waals surface area contributed by atoms with Crippen molar-refractivity contribution in [3.63, 3.8) is 0 Å². The van der Waals surface area contributed by atoms with Gasteiger partial charge in [0.1, 0.15) is 0 Å². The SMILES string of the molecule is CN(C)C(=C=C1N(C)CCN1C)N(C)C. The van der Waals surface area contributed by atoms with Gasteiger partial charge in [0.05, 0.1) is 0 Å². The molecule has 0 amide bonds. The van der Waals surface area contributed by atoms with E-state index in [2.05, 4.69) is 39.4 Å². The van der Waals surface area contributed by atoms with E-state index < -0.39 is 0 Å². The van der Waals surface area contributed by atoms with Crippen LogP contribution in [0.5, 0.6) is 0 Å². The highest BCUT2D eigenvalue weighted by atomic mass is 15.4. The second-order valence-electron chi connectivity index (χ2n) is 4.40. The minimum absolute atomic E-state index is 1.08. The molecule has 4 heteroatoms. The fourth-order valence-corrected chi connectivity index (χ4v) is 1.72. The van der Waals surface area contributed by atoms with E-state index >= 15 is 0 Å². The van der Waals surface area contributed by atoms with E-state index in [0.717, 1.165) is 24.7 Å². The van der Waals surface area contributed by atoms with Crippen molar-refractivity contribution in [3.05, 3.63) is 17.4 Å². The van der Waals surface area contributed by atoms with Crippen molar-refractivity contribution >= 4 is 0 Å². The second-order valence-corrected chi connectivity index (χ2v) is 4.40. The average molecular weight is 210 g/mol. The first-order chi connectivity index (χ1) is 6.93. The highest BCUT2D eigenvalue weighted by molar-refractivity contribution is 5.08. The molecule has 1 saturated heterocycles. The lowest BCUT2D eigenvalue weighted by molar-refractivity contribution is 0.338. The van der Waals surface area contributed by atoms with E-state index in [4.69, 9.17) is 0 Å². The molecule has 0 saturated carbocycles. The number of rotatable bonds is 2. The molecule has 0 aromatic carbocycles. The van der Waals surface area contributed by atoms with Crippen molar-refractivity contribution in [2.45, 2.75) is 0 Å². The van der Waals surface area contributed by atoms with Crippen molar-refractivity contribution in [1.29, 1.82) is 0 Å². The van der Waals surface area contributed by atoms with Crippen LogP contribution in [0.2, 0.25) is 0 Å². The quantitative estimate of drug-likeness (QED) is 0.606. The molecular weight excluding hydrogens is 188 g/mol. The molecule has 15 heavy (non-hydrogen) atoms. The molecule has 86 valence electrons. The molecule has 0 spiro atoms. The van der Waals surface area contributed by atoms with Crippen LogP contribution in [0.15, 0.2) is 17.4 Å². The third kappa shape index (κ3) is 2.60. The van der Waals surface area contributed by atoms with E-state index in [0.29, 0.717) is 0 Å². The lowest BCUT2D eigenvalue weighted by atomic mass is 10.5. The molecule has 1 fully saturated rings. The number of hydrogen-bond donors (Lipinski definition) is 0. The normalized spacial score (nSPS) is 15.5. The Bertz CT molecular complexity index is 263. The van der Waals surface area contributed by atoms with Crippen LogP contribution in [0.25, 0.3) is 0 Å². The maximum absolute atomic E-state index is 3.45. The van der Waals surface area contributed by atoms with Gasteiger partial charge in [-0.2, -0.15) is 0 Å². The smallest absolute Gasteiger partial charge is 0.152 e. The topological polar surface area (TPSA) is 13.0 Å². The van der Waals surface area contributed by atoms with Gasteiger partial charge in [-0.1, -0.05) is 0 Å². The molecule has 0 bridgehead atoms. The highest BCUT2D eigenvalue weighted by Gasteiger charge is 2.18. The Kier molecular flexibility index (Phi) is 3.53. The van der Waals surface area contributed by atoms with Gasteiger partial charge in [0.25, 0.3) is 0 Å². The van der Waals surface area contributed by atoms with E-state index in [-0.39, 0.29) is 0 Å². The summed E-state index contributed by atoms with van der Waals surface area (Å²) in [5.74, 6) is 2.25. The van der Waals surface area contributed by atoms with Crippen LogP contribution in [0, 0.1) is 0 Å². The molecule has 1 rings (SSSR count). The Balaban J connectivity index is 3.12. The third-order valence-corrected chi connectivity index (χ3v) is 2.56. The summed E-state index contributed by atoms with van der Waals surface area (Å²) in [6.45, 7) is 2.15. The largest absolute Gasteiger partial charge is 0.358 e. The summed E-state index contributed by atoms with van der Waals surface area (Å²) in [7, 11) is 12.4. The average Bonchev–Trinajstić information content (AvgIpc) is 2.42. The fraction of sp³-hybridized carbons (Fsp3) is 0.727. The second kappa shape index (κ2) is 4.49. The van der Waals surface area contributed by atoms with E-state index in [9.17, 15) is 0 Å². The van der Waals surface area contributed by atoms with Gasteiger partial charge in [0.15, 0.2) is 11.6 Å². The molecule has 0 aromatic heterocycles. The summed E-state index contributed by atoms with van der Waals surface area (Å²) in [6, 6.07) is 0. The lowest BCUT2D eigenvalue weighted by Crippen LogP contribution is -2.25. The highest BCUT2D eigenvalue weighted by Crippen LogP contribution is 2.14. The maximum Gasteiger partial charge on any atom is 0.152 e. The number of nitrogens with zero attached hydrogens (tertiary/aromatic N) is 4. The molecular formula is C11H22N4. The Morgan fingerprint density at radius 1 is 1.00 bits per heavy atom. The van der Waals surface area contributed by atoms with Gasteiger partial charge in [-0.3, -0.25) is 0 Å².